The minimum absolute atomic E-state index is 0.0474. The van der Waals surface area contributed by atoms with Crippen molar-refractivity contribution in [2.75, 3.05) is 13.1 Å². The van der Waals surface area contributed by atoms with E-state index in [1.807, 2.05) is 19.9 Å². The molecule has 1 aliphatic rings. The van der Waals surface area contributed by atoms with Gasteiger partial charge in [0.2, 0.25) is 5.91 Å². The van der Waals surface area contributed by atoms with Crippen LogP contribution in [0.4, 0.5) is 4.79 Å². The number of imide groups is 1. The Labute approximate surface area is 115 Å². The number of rotatable bonds is 5. The zero-order chi connectivity index (χ0) is 14.7. The fourth-order valence-electron chi connectivity index (χ4n) is 2.02. The van der Waals surface area contributed by atoms with Gasteiger partial charge in [-0.3, -0.25) is 19.6 Å². The molecule has 2 rings (SSSR count). The Morgan fingerprint density at radius 1 is 1.55 bits per heavy atom. The first-order chi connectivity index (χ1) is 9.45. The molecule has 2 heterocycles. The lowest BCUT2D eigenvalue weighted by atomic mass is 10.2. The number of carbonyl (C=O) groups excluding carboxylic acids is 3. The summed E-state index contributed by atoms with van der Waals surface area (Å²) in [6.45, 7) is 3.44. The van der Waals surface area contributed by atoms with Gasteiger partial charge in [-0.05, 0) is 19.9 Å². The first-order valence-electron chi connectivity index (χ1n) is 6.34. The normalized spacial score (nSPS) is 16.2. The van der Waals surface area contributed by atoms with E-state index >= 15 is 0 Å². The smallest absolute Gasteiger partial charge is 0.325 e. The predicted molar refractivity (Wildman–Crippen MR) is 69.7 cm³/mol. The highest BCUT2D eigenvalue weighted by atomic mass is 16.2. The first kappa shape index (κ1) is 14.0. The highest BCUT2D eigenvalue weighted by Gasteiger charge is 2.30. The van der Waals surface area contributed by atoms with E-state index in [1.54, 1.807) is 0 Å². The molecular weight excluding hydrogens is 262 g/mol. The summed E-state index contributed by atoms with van der Waals surface area (Å²) in [5.74, 6) is -0.754. The van der Waals surface area contributed by atoms with Crippen LogP contribution < -0.4 is 10.6 Å². The van der Waals surface area contributed by atoms with E-state index in [1.165, 1.54) is 0 Å². The molecule has 8 nitrogen and oxygen atoms in total. The minimum atomic E-state index is -0.527. The van der Waals surface area contributed by atoms with Crippen molar-refractivity contribution in [3.63, 3.8) is 0 Å². The van der Waals surface area contributed by atoms with Crippen molar-refractivity contribution in [2.45, 2.75) is 26.3 Å². The Morgan fingerprint density at radius 3 is 2.85 bits per heavy atom. The largest absolute Gasteiger partial charge is 0.352 e. The van der Waals surface area contributed by atoms with E-state index in [2.05, 4.69) is 20.8 Å². The molecule has 1 fully saturated rings. The lowest BCUT2D eigenvalue weighted by molar-refractivity contribution is -0.130. The number of hydrogen-bond donors (Lipinski definition) is 3. The van der Waals surface area contributed by atoms with Crippen molar-refractivity contribution in [1.29, 1.82) is 0 Å². The average Bonchev–Trinajstić information content (AvgIpc) is 2.89. The van der Waals surface area contributed by atoms with Gasteiger partial charge in [0.25, 0.3) is 5.91 Å². The molecule has 0 aliphatic carbocycles. The minimum Gasteiger partial charge on any atom is -0.352 e. The van der Waals surface area contributed by atoms with Gasteiger partial charge in [0.1, 0.15) is 6.54 Å². The molecular formula is C12H17N5O3. The van der Waals surface area contributed by atoms with Crippen LogP contribution in [-0.2, 0) is 16.0 Å². The van der Waals surface area contributed by atoms with Gasteiger partial charge in [-0.25, -0.2) is 4.79 Å². The van der Waals surface area contributed by atoms with E-state index in [-0.39, 0.29) is 30.9 Å². The third-order valence-corrected chi connectivity index (χ3v) is 2.92. The standard InChI is InChI=1S/C12H17N5O3/c1-7(3-9-4-8(2)15-16-9)14-10(18)6-17-11(19)5-13-12(17)20/h4,7H,3,5-6H2,1-2H3,(H,13,20)(H,14,18)(H,15,16)/t7-/m0/s1. The summed E-state index contributed by atoms with van der Waals surface area (Å²) in [4.78, 5) is 35.3. The van der Waals surface area contributed by atoms with Crippen LogP contribution in [0.3, 0.4) is 0 Å². The highest BCUT2D eigenvalue weighted by Crippen LogP contribution is 2.02. The first-order valence-corrected chi connectivity index (χ1v) is 6.34. The fraction of sp³-hybridized carbons (Fsp3) is 0.500. The average molecular weight is 279 g/mol. The monoisotopic (exact) mass is 279 g/mol. The third-order valence-electron chi connectivity index (χ3n) is 2.92. The quantitative estimate of drug-likeness (QED) is 0.620. The van der Waals surface area contributed by atoms with Gasteiger partial charge in [-0.2, -0.15) is 5.10 Å². The van der Waals surface area contributed by atoms with Crippen LogP contribution in [0.2, 0.25) is 0 Å². The van der Waals surface area contributed by atoms with Crippen molar-refractivity contribution in [3.8, 4) is 0 Å². The maximum atomic E-state index is 11.8. The zero-order valence-electron chi connectivity index (χ0n) is 11.4. The van der Waals surface area contributed by atoms with Gasteiger partial charge >= 0.3 is 6.03 Å². The molecule has 0 radical (unpaired) electrons. The molecule has 20 heavy (non-hydrogen) atoms. The Hall–Kier alpha value is -2.38. The van der Waals surface area contributed by atoms with Crippen molar-refractivity contribution < 1.29 is 14.4 Å². The Kier molecular flexibility index (Phi) is 4.02. The van der Waals surface area contributed by atoms with E-state index in [4.69, 9.17) is 0 Å². The zero-order valence-corrected chi connectivity index (χ0v) is 11.4. The molecule has 1 saturated heterocycles. The molecule has 0 bridgehead atoms. The number of nitrogens with zero attached hydrogens (tertiary/aromatic N) is 2. The summed E-state index contributed by atoms with van der Waals surface area (Å²) in [5.41, 5.74) is 1.81. The topological polar surface area (TPSA) is 107 Å². The molecule has 4 amide bonds. The molecule has 0 aromatic carbocycles. The molecule has 1 aliphatic heterocycles. The molecule has 0 spiro atoms. The summed E-state index contributed by atoms with van der Waals surface area (Å²) in [5, 5.41) is 12.0. The summed E-state index contributed by atoms with van der Waals surface area (Å²) in [6, 6.07) is 1.24. The van der Waals surface area contributed by atoms with Crippen LogP contribution >= 0.6 is 0 Å². The number of aromatic amines is 1. The van der Waals surface area contributed by atoms with Gasteiger partial charge in [0, 0.05) is 18.2 Å². The van der Waals surface area contributed by atoms with Gasteiger partial charge in [-0.1, -0.05) is 0 Å². The van der Waals surface area contributed by atoms with Crippen molar-refractivity contribution >= 4 is 17.8 Å². The SMILES string of the molecule is Cc1cc(C[C@H](C)NC(=O)CN2C(=O)CNC2=O)n[nH]1. The molecule has 1 aromatic rings. The van der Waals surface area contributed by atoms with E-state index in [9.17, 15) is 14.4 Å². The van der Waals surface area contributed by atoms with Crippen LogP contribution in [0.1, 0.15) is 18.3 Å². The van der Waals surface area contributed by atoms with Crippen LogP contribution in [0, 0.1) is 6.92 Å². The molecule has 0 unspecified atom stereocenters. The van der Waals surface area contributed by atoms with Crippen LogP contribution in [-0.4, -0.2) is 52.1 Å². The Balaban J connectivity index is 1.82. The van der Waals surface area contributed by atoms with Gasteiger partial charge in [0.15, 0.2) is 0 Å². The second kappa shape index (κ2) is 5.72. The van der Waals surface area contributed by atoms with Crippen molar-refractivity contribution in [2.24, 2.45) is 0 Å². The molecule has 0 saturated carbocycles. The number of aryl methyl sites for hydroxylation is 1. The number of nitrogens with one attached hydrogen (secondary N) is 3. The molecule has 8 heteroatoms. The van der Waals surface area contributed by atoms with Crippen LogP contribution in [0.15, 0.2) is 6.07 Å². The predicted octanol–water partition coefficient (Wildman–Crippen LogP) is -0.683. The fourth-order valence-corrected chi connectivity index (χ4v) is 2.02. The van der Waals surface area contributed by atoms with Gasteiger partial charge < -0.3 is 10.6 Å². The second-order valence-corrected chi connectivity index (χ2v) is 4.85. The van der Waals surface area contributed by atoms with E-state index in [0.29, 0.717) is 6.42 Å². The highest BCUT2D eigenvalue weighted by molar-refractivity contribution is 6.04. The molecule has 108 valence electrons. The molecule has 3 N–H and O–H groups in total. The van der Waals surface area contributed by atoms with E-state index < -0.39 is 6.03 Å². The lowest BCUT2D eigenvalue weighted by Crippen LogP contribution is -2.44. The Morgan fingerprint density at radius 2 is 2.30 bits per heavy atom. The number of urea groups is 1. The molecule has 1 aromatic heterocycles. The number of amides is 4. The number of hydrogen-bond acceptors (Lipinski definition) is 4. The number of carbonyl (C=O) groups is 3. The second-order valence-electron chi connectivity index (χ2n) is 4.85. The Bertz CT molecular complexity index is 523. The maximum Gasteiger partial charge on any atom is 0.325 e. The van der Waals surface area contributed by atoms with Crippen molar-refractivity contribution in [1.82, 2.24) is 25.7 Å². The summed E-state index contributed by atoms with van der Waals surface area (Å²) < 4.78 is 0. The summed E-state index contributed by atoms with van der Waals surface area (Å²) >= 11 is 0. The van der Waals surface area contributed by atoms with Crippen LogP contribution in [0.25, 0.3) is 0 Å². The van der Waals surface area contributed by atoms with E-state index in [0.717, 1.165) is 16.3 Å². The lowest BCUT2D eigenvalue weighted by Gasteiger charge is -2.16. The van der Waals surface area contributed by atoms with Gasteiger partial charge in [-0.15, -0.1) is 0 Å². The maximum absolute atomic E-state index is 11.8. The number of H-pyrrole nitrogens is 1. The molecule has 1 atom stereocenters. The van der Waals surface area contributed by atoms with Crippen LogP contribution in [0.5, 0.6) is 0 Å². The number of aromatic nitrogens is 2. The third kappa shape index (κ3) is 3.34. The summed E-state index contributed by atoms with van der Waals surface area (Å²) in [6.07, 6.45) is 0.580. The summed E-state index contributed by atoms with van der Waals surface area (Å²) in [7, 11) is 0. The van der Waals surface area contributed by atoms with Crippen molar-refractivity contribution in [3.05, 3.63) is 17.5 Å². The van der Waals surface area contributed by atoms with Gasteiger partial charge in [0.05, 0.1) is 12.2 Å².